The molecular formula is C11H17N3O3S. The number of sulfonamides is 1. The fraction of sp³-hybridized carbons (Fsp3) is 0.364. The summed E-state index contributed by atoms with van der Waals surface area (Å²) in [4.78, 5) is 12.9. The van der Waals surface area contributed by atoms with Crippen molar-refractivity contribution in [2.24, 2.45) is 5.73 Å². The van der Waals surface area contributed by atoms with Crippen LogP contribution in [0, 0.1) is 0 Å². The van der Waals surface area contributed by atoms with E-state index in [0.717, 1.165) is 4.31 Å². The first kappa shape index (κ1) is 14.6. The molecule has 0 bridgehead atoms. The van der Waals surface area contributed by atoms with Crippen molar-refractivity contribution in [2.75, 3.05) is 32.6 Å². The Morgan fingerprint density at radius 2 is 1.67 bits per heavy atom. The van der Waals surface area contributed by atoms with Crippen molar-refractivity contribution in [2.45, 2.75) is 4.90 Å². The lowest BCUT2D eigenvalue weighted by molar-refractivity contribution is -0.117. The van der Waals surface area contributed by atoms with E-state index in [9.17, 15) is 13.2 Å². The number of nitrogens with two attached hydrogens (primary N) is 1. The third-order valence-corrected chi connectivity index (χ3v) is 4.38. The van der Waals surface area contributed by atoms with Crippen LogP contribution in [-0.2, 0) is 14.8 Å². The first-order valence-electron chi connectivity index (χ1n) is 5.30. The summed E-state index contributed by atoms with van der Waals surface area (Å²) in [6.45, 7) is -0.0890. The van der Waals surface area contributed by atoms with Gasteiger partial charge in [0.05, 0.1) is 11.4 Å². The van der Waals surface area contributed by atoms with Gasteiger partial charge in [-0.05, 0) is 24.3 Å². The van der Waals surface area contributed by atoms with E-state index in [4.69, 9.17) is 5.73 Å². The van der Waals surface area contributed by atoms with E-state index in [1.165, 1.54) is 31.1 Å². The molecule has 0 heterocycles. The van der Waals surface area contributed by atoms with Crippen LogP contribution in [0.3, 0.4) is 0 Å². The van der Waals surface area contributed by atoms with Crippen LogP contribution >= 0.6 is 0 Å². The van der Waals surface area contributed by atoms with Gasteiger partial charge >= 0.3 is 0 Å². The van der Waals surface area contributed by atoms with Gasteiger partial charge in [-0.25, -0.2) is 12.7 Å². The average Bonchev–Trinajstić information content (AvgIpc) is 2.36. The van der Waals surface area contributed by atoms with Crippen molar-refractivity contribution >= 4 is 21.6 Å². The largest absolute Gasteiger partial charge is 0.322 e. The van der Waals surface area contributed by atoms with Crippen LogP contribution in [0.25, 0.3) is 0 Å². The van der Waals surface area contributed by atoms with Crippen LogP contribution < -0.4 is 10.6 Å². The summed E-state index contributed by atoms with van der Waals surface area (Å²) in [6, 6.07) is 6.07. The van der Waals surface area contributed by atoms with Crippen LogP contribution in [0.5, 0.6) is 0 Å². The highest BCUT2D eigenvalue weighted by Gasteiger charge is 2.17. The van der Waals surface area contributed by atoms with Crippen LogP contribution in [0.4, 0.5) is 5.69 Å². The standard InChI is InChI=1S/C11H17N3O3S/c1-13(2)18(16,17)10-6-4-9(5-7-10)14(3)11(15)8-12/h4-7H,8,12H2,1-3H3. The maximum absolute atomic E-state index is 11.8. The molecule has 1 aromatic rings. The minimum Gasteiger partial charge on any atom is -0.322 e. The maximum Gasteiger partial charge on any atom is 0.242 e. The van der Waals surface area contributed by atoms with Gasteiger partial charge in [0.1, 0.15) is 0 Å². The van der Waals surface area contributed by atoms with Crippen molar-refractivity contribution < 1.29 is 13.2 Å². The summed E-state index contributed by atoms with van der Waals surface area (Å²) in [5.41, 5.74) is 5.86. The molecule has 0 aliphatic rings. The molecule has 1 amide bonds. The highest BCUT2D eigenvalue weighted by Crippen LogP contribution is 2.18. The number of carbonyl (C=O) groups excluding carboxylic acids is 1. The van der Waals surface area contributed by atoms with Crippen molar-refractivity contribution in [3.8, 4) is 0 Å². The zero-order valence-electron chi connectivity index (χ0n) is 10.6. The Bertz CT molecular complexity index is 523. The number of hydrogen-bond acceptors (Lipinski definition) is 4. The topological polar surface area (TPSA) is 83.7 Å². The summed E-state index contributed by atoms with van der Waals surface area (Å²) in [7, 11) is 1.08. The maximum atomic E-state index is 11.8. The van der Waals surface area contributed by atoms with Gasteiger partial charge in [0.15, 0.2) is 0 Å². The zero-order chi connectivity index (χ0) is 13.9. The van der Waals surface area contributed by atoms with Gasteiger partial charge in [0.2, 0.25) is 15.9 Å². The first-order chi connectivity index (χ1) is 8.30. The quantitative estimate of drug-likeness (QED) is 0.826. The van der Waals surface area contributed by atoms with Crippen molar-refractivity contribution in [1.82, 2.24) is 4.31 Å². The molecule has 7 heteroatoms. The summed E-state index contributed by atoms with van der Waals surface area (Å²) in [6.07, 6.45) is 0. The van der Waals surface area contributed by atoms with E-state index in [-0.39, 0.29) is 17.3 Å². The number of rotatable bonds is 4. The Balaban J connectivity index is 3.04. The van der Waals surface area contributed by atoms with E-state index >= 15 is 0 Å². The molecule has 0 saturated heterocycles. The number of carbonyl (C=O) groups is 1. The second-order valence-electron chi connectivity index (χ2n) is 3.94. The van der Waals surface area contributed by atoms with E-state index in [0.29, 0.717) is 5.69 Å². The molecule has 0 aliphatic carbocycles. The van der Waals surface area contributed by atoms with E-state index in [2.05, 4.69) is 0 Å². The minimum absolute atomic E-state index is 0.0890. The molecule has 0 aromatic heterocycles. The number of likely N-dealkylation sites (N-methyl/N-ethyl adjacent to an activating group) is 1. The average molecular weight is 271 g/mol. The highest BCUT2D eigenvalue weighted by atomic mass is 32.2. The molecule has 1 rings (SSSR count). The predicted octanol–water partition coefficient (Wildman–Crippen LogP) is -0.142. The molecule has 0 radical (unpaired) electrons. The van der Waals surface area contributed by atoms with Crippen LogP contribution in [-0.4, -0.2) is 46.3 Å². The minimum atomic E-state index is -3.44. The van der Waals surface area contributed by atoms with Gasteiger partial charge in [0, 0.05) is 26.8 Å². The lowest BCUT2D eigenvalue weighted by Gasteiger charge is -2.17. The normalized spacial score (nSPS) is 11.6. The molecule has 100 valence electrons. The van der Waals surface area contributed by atoms with Crippen molar-refractivity contribution in [3.05, 3.63) is 24.3 Å². The van der Waals surface area contributed by atoms with Gasteiger partial charge in [-0.15, -0.1) is 0 Å². The molecule has 18 heavy (non-hydrogen) atoms. The highest BCUT2D eigenvalue weighted by molar-refractivity contribution is 7.89. The number of nitrogens with zero attached hydrogens (tertiary/aromatic N) is 2. The van der Waals surface area contributed by atoms with Crippen molar-refractivity contribution in [1.29, 1.82) is 0 Å². The van der Waals surface area contributed by atoms with Gasteiger partial charge in [-0.3, -0.25) is 4.79 Å². The first-order valence-corrected chi connectivity index (χ1v) is 6.74. The SMILES string of the molecule is CN(C(=O)CN)c1ccc(S(=O)(=O)N(C)C)cc1. The van der Waals surface area contributed by atoms with Gasteiger partial charge in [-0.1, -0.05) is 0 Å². The van der Waals surface area contributed by atoms with Crippen LogP contribution in [0.15, 0.2) is 29.2 Å². The molecule has 0 atom stereocenters. The lowest BCUT2D eigenvalue weighted by atomic mass is 10.3. The van der Waals surface area contributed by atoms with Gasteiger partial charge in [0.25, 0.3) is 0 Å². The summed E-state index contributed by atoms with van der Waals surface area (Å²) in [5, 5.41) is 0. The molecule has 0 spiro atoms. The summed E-state index contributed by atoms with van der Waals surface area (Å²) in [5.74, 6) is -0.238. The molecule has 0 unspecified atom stereocenters. The van der Waals surface area contributed by atoms with Crippen LogP contribution in [0.2, 0.25) is 0 Å². The molecule has 0 saturated carbocycles. The van der Waals surface area contributed by atoms with Crippen molar-refractivity contribution in [3.63, 3.8) is 0 Å². The molecular weight excluding hydrogens is 254 g/mol. The number of anilines is 1. The van der Waals surface area contributed by atoms with Gasteiger partial charge < -0.3 is 10.6 Å². The molecule has 0 aliphatic heterocycles. The number of amides is 1. The second kappa shape index (κ2) is 5.47. The fourth-order valence-electron chi connectivity index (χ4n) is 1.33. The number of hydrogen-bond donors (Lipinski definition) is 1. The predicted molar refractivity (Wildman–Crippen MR) is 69.8 cm³/mol. The Kier molecular flexibility index (Phi) is 4.44. The number of benzene rings is 1. The van der Waals surface area contributed by atoms with E-state index in [1.807, 2.05) is 0 Å². The van der Waals surface area contributed by atoms with E-state index < -0.39 is 10.0 Å². The van der Waals surface area contributed by atoms with Gasteiger partial charge in [-0.2, -0.15) is 0 Å². The van der Waals surface area contributed by atoms with E-state index in [1.54, 1.807) is 19.2 Å². The fourth-order valence-corrected chi connectivity index (χ4v) is 2.24. The third-order valence-electron chi connectivity index (χ3n) is 2.55. The Morgan fingerprint density at radius 3 is 2.06 bits per heavy atom. The second-order valence-corrected chi connectivity index (χ2v) is 6.09. The summed E-state index contributed by atoms with van der Waals surface area (Å²) >= 11 is 0. The Morgan fingerprint density at radius 1 is 1.17 bits per heavy atom. The third kappa shape index (κ3) is 2.87. The Labute approximate surface area is 107 Å². The monoisotopic (exact) mass is 271 g/mol. The smallest absolute Gasteiger partial charge is 0.242 e. The zero-order valence-corrected chi connectivity index (χ0v) is 11.4. The molecule has 0 fully saturated rings. The Hall–Kier alpha value is -1.44. The summed E-state index contributed by atoms with van der Waals surface area (Å²) < 4.78 is 24.8. The molecule has 1 aromatic carbocycles. The molecule has 6 nitrogen and oxygen atoms in total. The lowest BCUT2D eigenvalue weighted by Crippen LogP contribution is -2.32. The molecule has 2 N–H and O–H groups in total. The van der Waals surface area contributed by atoms with Crippen LogP contribution in [0.1, 0.15) is 0 Å².